The van der Waals surface area contributed by atoms with Crippen LogP contribution in [0.4, 0.5) is 0 Å². The number of benzene rings is 7. The van der Waals surface area contributed by atoms with Crippen LogP contribution < -0.4 is 9.47 Å². The van der Waals surface area contributed by atoms with Crippen LogP contribution in [0, 0.1) is 0 Å². The van der Waals surface area contributed by atoms with E-state index in [0.29, 0.717) is 44.9 Å². The number of carbonyl (C=O) groups is 2. The number of ether oxygens (including phenoxy) is 2. The first kappa shape index (κ1) is 29.8. The van der Waals surface area contributed by atoms with E-state index in [0.717, 1.165) is 19.6 Å². The summed E-state index contributed by atoms with van der Waals surface area (Å²) in [4.78, 5) is 33.1. The maximum atomic E-state index is 14.5. The Morgan fingerprint density at radius 2 is 0.729 bits per heavy atom. The molecule has 1 aliphatic carbocycles. The van der Waals surface area contributed by atoms with Gasteiger partial charge in [0.15, 0.2) is 11.6 Å². The molecule has 4 nitrogen and oxygen atoms in total. The number of carbonyl (C=O) groups excluding carboxylic acids is 2. The molecule has 0 spiro atoms. The molecule has 7 aromatic rings. The summed E-state index contributed by atoms with van der Waals surface area (Å²) in [7, 11) is 0. The molecule has 0 radical (unpaired) electrons. The fourth-order valence-electron chi connectivity index (χ4n) is 5.83. The van der Waals surface area contributed by atoms with Crippen molar-refractivity contribution >= 4 is 45.9 Å². The molecular formula is C42H26O4S2. The molecule has 6 heteroatoms. The molecule has 0 saturated heterocycles. The minimum atomic E-state index is -0.286. The van der Waals surface area contributed by atoms with Crippen molar-refractivity contribution in [2.45, 2.75) is 19.6 Å². The highest BCUT2D eigenvalue weighted by Crippen LogP contribution is 2.51. The van der Waals surface area contributed by atoms with E-state index in [-0.39, 0.29) is 22.7 Å². The lowest BCUT2D eigenvalue weighted by atomic mass is 9.81. The second-order valence-corrected chi connectivity index (χ2v) is 13.3. The molecule has 0 aromatic heterocycles. The van der Waals surface area contributed by atoms with Gasteiger partial charge in [0, 0.05) is 41.5 Å². The van der Waals surface area contributed by atoms with Crippen molar-refractivity contribution in [3.8, 4) is 23.0 Å². The van der Waals surface area contributed by atoms with Crippen LogP contribution in [-0.4, -0.2) is 11.6 Å². The van der Waals surface area contributed by atoms with Crippen molar-refractivity contribution in [1.82, 2.24) is 0 Å². The summed E-state index contributed by atoms with van der Waals surface area (Å²) in [6, 6.07) is 50.1. The van der Waals surface area contributed by atoms with Gasteiger partial charge in [-0.3, -0.25) is 9.59 Å². The molecule has 8 rings (SSSR count). The van der Waals surface area contributed by atoms with Crippen molar-refractivity contribution < 1.29 is 19.1 Å². The lowest BCUT2D eigenvalue weighted by Gasteiger charge is -2.26. The second-order valence-electron chi connectivity index (χ2n) is 11.1. The summed E-state index contributed by atoms with van der Waals surface area (Å²) >= 11 is 3.26. The van der Waals surface area contributed by atoms with Gasteiger partial charge in [-0.1, -0.05) is 121 Å². The van der Waals surface area contributed by atoms with Gasteiger partial charge in [0.1, 0.15) is 23.0 Å². The number of para-hydroxylation sites is 2. The third-order valence-corrected chi connectivity index (χ3v) is 10.3. The Morgan fingerprint density at radius 3 is 1.10 bits per heavy atom. The average Bonchev–Trinajstić information content (AvgIpc) is 3.13. The highest BCUT2D eigenvalue weighted by molar-refractivity contribution is 8.02. The van der Waals surface area contributed by atoms with Gasteiger partial charge < -0.3 is 9.47 Å². The molecule has 230 valence electrons. The van der Waals surface area contributed by atoms with E-state index in [9.17, 15) is 9.59 Å². The van der Waals surface area contributed by atoms with Crippen LogP contribution >= 0.6 is 23.5 Å². The van der Waals surface area contributed by atoms with E-state index in [4.69, 9.17) is 9.47 Å². The molecule has 1 aliphatic rings. The van der Waals surface area contributed by atoms with Crippen molar-refractivity contribution in [3.63, 3.8) is 0 Å². The number of fused-ring (bicyclic) bond motifs is 3. The predicted molar refractivity (Wildman–Crippen MR) is 191 cm³/mol. The van der Waals surface area contributed by atoms with Gasteiger partial charge in [0.25, 0.3) is 0 Å². The second kappa shape index (κ2) is 12.9. The molecule has 0 amide bonds. The quantitative estimate of drug-likeness (QED) is 0.162. The van der Waals surface area contributed by atoms with E-state index < -0.39 is 0 Å². The number of rotatable bonds is 8. The molecule has 0 bridgehead atoms. The molecule has 0 atom stereocenters. The normalized spacial score (nSPS) is 12.0. The van der Waals surface area contributed by atoms with Gasteiger partial charge >= 0.3 is 0 Å². The summed E-state index contributed by atoms with van der Waals surface area (Å²) in [6.07, 6.45) is 0. The van der Waals surface area contributed by atoms with Gasteiger partial charge in [-0.2, -0.15) is 0 Å². The number of hydrogen-bond acceptors (Lipinski definition) is 6. The van der Waals surface area contributed by atoms with E-state index >= 15 is 0 Å². The van der Waals surface area contributed by atoms with Gasteiger partial charge in [0.2, 0.25) is 0 Å². The molecule has 0 unspecified atom stereocenters. The van der Waals surface area contributed by atoms with Gasteiger partial charge in [-0.25, -0.2) is 0 Å². The molecule has 0 aliphatic heterocycles. The third-order valence-electron chi connectivity index (χ3n) is 8.02. The molecule has 48 heavy (non-hydrogen) atoms. The van der Waals surface area contributed by atoms with Gasteiger partial charge in [-0.15, -0.1) is 0 Å². The fourth-order valence-corrected chi connectivity index (χ4v) is 7.85. The molecular weight excluding hydrogens is 633 g/mol. The van der Waals surface area contributed by atoms with Gasteiger partial charge in [0.05, 0.1) is 11.1 Å². The highest BCUT2D eigenvalue weighted by atomic mass is 32.2. The Balaban J connectivity index is 1.46. The Bertz CT molecular complexity index is 2140. The zero-order chi connectivity index (χ0) is 32.5. The summed E-state index contributed by atoms with van der Waals surface area (Å²) < 4.78 is 13.3. The molecule has 0 fully saturated rings. The van der Waals surface area contributed by atoms with Crippen LogP contribution in [-0.2, 0) is 0 Å². The molecule has 7 aromatic carbocycles. The maximum Gasteiger partial charge on any atom is 0.198 e. The van der Waals surface area contributed by atoms with Crippen LogP contribution in [0.3, 0.4) is 0 Å². The van der Waals surface area contributed by atoms with Crippen LogP contribution in [0.1, 0.15) is 31.8 Å². The fraction of sp³-hybridized carbons (Fsp3) is 0. The zero-order valence-electron chi connectivity index (χ0n) is 25.5. The lowest BCUT2D eigenvalue weighted by molar-refractivity contribution is 0.0975. The number of hydrogen-bond donors (Lipinski definition) is 0. The summed E-state index contributed by atoms with van der Waals surface area (Å²) in [5.74, 6) is 1.18. The Hall–Kier alpha value is -5.56. The molecule has 0 N–H and O–H groups in total. The first-order chi connectivity index (χ1) is 23.6. The molecule has 0 heterocycles. The minimum absolute atomic E-state index is 0.195. The van der Waals surface area contributed by atoms with Crippen molar-refractivity contribution in [2.24, 2.45) is 0 Å². The van der Waals surface area contributed by atoms with Crippen LogP contribution in [0.5, 0.6) is 23.0 Å². The highest BCUT2D eigenvalue weighted by Gasteiger charge is 2.38. The smallest absolute Gasteiger partial charge is 0.198 e. The van der Waals surface area contributed by atoms with Crippen LogP contribution in [0.15, 0.2) is 177 Å². The maximum absolute atomic E-state index is 14.5. The Morgan fingerprint density at radius 1 is 0.396 bits per heavy atom. The third kappa shape index (κ3) is 5.66. The van der Waals surface area contributed by atoms with Crippen LogP contribution in [0.2, 0.25) is 0 Å². The topological polar surface area (TPSA) is 52.6 Å². The van der Waals surface area contributed by atoms with Crippen molar-refractivity contribution in [1.29, 1.82) is 0 Å². The standard InChI is InChI=1S/C42H26O4S2/c43-39-31-23-13-14-24-32(31)40(44)38-37(39)41(45-27-15-5-1-6-16-27)33-25-35(47-29-19-9-3-10-20-29)36(48-30-21-11-4-12-22-30)26-34(33)42(38)46-28-17-7-2-8-18-28/h1-26H. The molecule has 0 saturated carbocycles. The van der Waals surface area contributed by atoms with Crippen molar-refractivity contribution in [2.75, 3.05) is 0 Å². The monoisotopic (exact) mass is 658 g/mol. The van der Waals surface area contributed by atoms with Gasteiger partial charge in [-0.05, 0) is 60.7 Å². The Kier molecular flexibility index (Phi) is 8.02. The van der Waals surface area contributed by atoms with E-state index in [1.165, 1.54) is 0 Å². The van der Waals surface area contributed by atoms with E-state index in [2.05, 4.69) is 36.4 Å². The first-order valence-electron chi connectivity index (χ1n) is 15.4. The summed E-state index contributed by atoms with van der Waals surface area (Å²) in [5.41, 5.74) is 1.07. The zero-order valence-corrected chi connectivity index (χ0v) is 27.1. The Labute approximate surface area is 286 Å². The summed E-state index contributed by atoms with van der Waals surface area (Å²) in [5, 5.41) is 1.33. The van der Waals surface area contributed by atoms with E-state index in [1.807, 2.05) is 97.1 Å². The minimum Gasteiger partial charge on any atom is -0.456 e. The summed E-state index contributed by atoms with van der Waals surface area (Å²) in [6.45, 7) is 0. The SMILES string of the molecule is O=C1c2ccccc2C(=O)c2c1c(Oc1ccccc1)c1cc(Sc3ccccc3)c(Sc3ccccc3)cc1c2Oc1ccccc1. The lowest BCUT2D eigenvalue weighted by Crippen LogP contribution is -2.22. The predicted octanol–water partition coefficient (Wildman–Crippen LogP) is 11.5. The van der Waals surface area contributed by atoms with Crippen LogP contribution in [0.25, 0.3) is 10.8 Å². The number of ketones is 2. The average molecular weight is 659 g/mol. The largest absolute Gasteiger partial charge is 0.456 e. The van der Waals surface area contributed by atoms with E-state index in [1.54, 1.807) is 47.8 Å². The van der Waals surface area contributed by atoms with Crippen molar-refractivity contribution in [3.05, 3.63) is 180 Å². The first-order valence-corrected chi connectivity index (χ1v) is 17.0.